The van der Waals surface area contributed by atoms with Crippen molar-refractivity contribution in [2.45, 2.75) is 36.1 Å². The van der Waals surface area contributed by atoms with Gasteiger partial charge in [-0.25, -0.2) is 13.1 Å². The Hall–Kier alpha value is -0.580. The second-order valence-corrected chi connectivity index (χ2v) is 8.45. The van der Waals surface area contributed by atoms with Crippen LogP contribution in [0.3, 0.4) is 0 Å². The topological polar surface area (TPSA) is 69.6 Å². The highest BCUT2D eigenvalue weighted by molar-refractivity contribution is 7.89. The fourth-order valence-electron chi connectivity index (χ4n) is 2.72. The molecule has 0 aromatic heterocycles. The molecule has 2 rings (SSSR count). The molecule has 142 valence electrons. The van der Waals surface area contributed by atoms with Crippen LogP contribution in [0.1, 0.15) is 12.8 Å². The molecule has 0 saturated carbocycles. The molecule has 1 aromatic carbocycles. The van der Waals surface area contributed by atoms with Crippen LogP contribution in [0.25, 0.3) is 0 Å². The Morgan fingerprint density at radius 3 is 2.44 bits per heavy atom. The number of hydrogen-bond acceptors (Lipinski definition) is 4. The molecular formula is C14H17Cl2F3N2O3S. The molecule has 1 heterocycles. The van der Waals surface area contributed by atoms with Crippen LogP contribution in [-0.4, -0.2) is 56.4 Å². The lowest BCUT2D eigenvalue weighted by atomic mass is 10.2. The van der Waals surface area contributed by atoms with Gasteiger partial charge in [-0.3, -0.25) is 4.90 Å². The van der Waals surface area contributed by atoms with Crippen molar-refractivity contribution in [3.63, 3.8) is 0 Å². The average molecular weight is 421 g/mol. The number of benzene rings is 1. The quantitative estimate of drug-likeness (QED) is 0.741. The van der Waals surface area contributed by atoms with Gasteiger partial charge >= 0.3 is 6.18 Å². The van der Waals surface area contributed by atoms with Crippen molar-refractivity contribution in [2.75, 3.05) is 19.6 Å². The zero-order chi connectivity index (χ0) is 18.8. The highest BCUT2D eigenvalue weighted by Crippen LogP contribution is 2.32. The molecule has 2 unspecified atom stereocenters. The fraction of sp³-hybridized carbons (Fsp3) is 0.571. The summed E-state index contributed by atoms with van der Waals surface area (Å²) < 4.78 is 65.1. The number of aliphatic hydroxyl groups is 1. The van der Waals surface area contributed by atoms with E-state index in [4.69, 9.17) is 23.2 Å². The predicted octanol–water partition coefficient (Wildman–Crippen LogP) is 2.66. The number of nitrogens with zero attached hydrogens (tertiary/aromatic N) is 1. The highest BCUT2D eigenvalue weighted by atomic mass is 35.5. The second-order valence-electron chi connectivity index (χ2n) is 5.81. The lowest BCUT2D eigenvalue weighted by molar-refractivity contribution is -0.178. The first-order chi connectivity index (χ1) is 11.5. The third kappa shape index (κ3) is 5.70. The highest BCUT2D eigenvalue weighted by Gasteiger charge is 2.46. The molecule has 5 nitrogen and oxygen atoms in total. The molecule has 2 atom stereocenters. The fourth-order valence-corrected chi connectivity index (χ4v) is 4.52. The van der Waals surface area contributed by atoms with Gasteiger partial charge in [-0.05, 0) is 37.6 Å². The molecule has 1 aromatic rings. The Labute approximate surface area is 153 Å². The molecule has 1 fully saturated rings. The lowest BCUT2D eigenvalue weighted by Gasteiger charge is -2.28. The molecule has 2 N–H and O–H groups in total. The summed E-state index contributed by atoms with van der Waals surface area (Å²) >= 11 is 11.5. The largest absolute Gasteiger partial charge is 0.404 e. The van der Waals surface area contributed by atoms with Crippen LogP contribution in [0.2, 0.25) is 10.0 Å². The summed E-state index contributed by atoms with van der Waals surface area (Å²) in [7, 11) is -4.00. The molecule has 1 saturated heterocycles. The zero-order valence-electron chi connectivity index (χ0n) is 12.9. The Bertz CT molecular complexity index is 696. The molecule has 25 heavy (non-hydrogen) atoms. The SMILES string of the molecule is O=S(=O)(NCC(O)CN1CCCC1C(F)(F)F)c1cc(Cl)cc(Cl)c1. The maximum Gasteiger partial charge on any atom is 0.404 e. The maximum absolute atomic E-state index is 12.9. The first kappa shape index (κ1) is 20.7. The van der Waals surface area contributed by atoms with Gasteiger partial charge in [0.2, 0.25) is 10.0 Å². The molecule has 0 amide bonds. The van der Waals surface area contributed by atoms with Crippen LogP contribution in [0.4, 0.5) is 13.2 Å². The lowest BCUT2D eigenvalue weighted by Crippen LogP contribution is -2.46. The van der Waals surface area contributed by atoms with Crippen LogP contribution in [0, 0.1) is 0 Å². The van der Waals surface area contributed by atoms with Crippen LogP contribution < -0.4 is 4.72 Å². The minimum absolute atomic E-state index is 0.0248. The smallest absolute Gasteiger partial charge is 0.390 e. The molecule has 0 aliphatic carbocycles. The predicted molar refractivity (Wildman–Crippen MR) is 88.3 cm³/mol. The summed E-state index contributed by atoms with van der Waals surface area (Å²) in [5.41, 5.74) is 0. The maximum atomic E-state index is 12.9. The van der Waals surface area contributed by atoms with Crippen molar-refractivity contribution in [3.8, 4) is 0 Å². The van der Waals surface area contributed by atoms with E-state index in [9.17, 15) is 26.7 Å². The number of nitrogens with one attached hydrogen (secondary N) is 1. The Kier molecular flexibility index (Phi) is 6.61. The number of hydrogen-bond donors (Lipinski definition) is 2. The van der Waals surface area contributed by atoms with Gasteiger partial charge in [0.05, 0.1) is 11.0 Å². The number of β-amino-alcohol motifs (C(OH)–C–C–N with tert-alkyl or cyclic N) is 1. The van der Waals surface area contributed by atoms with E-state index in [1.165, 1.54) is 18.2 Å². The van der Waals surface area contributed by atoms with E-state index in [1.54, 1.807) is 0 Å². The van der Waals surface area contributed by atoms with Gasteiger partial charge in [0.25, 0.3) is 0 Å². The van der Waals surface area contributed by atoms with E-state index in [0.717, 1.165) is 4.90 Å². The number of aliphatic hydroxyl groups excluding tert-OH is 1. The second kappa shape index (κ2) is 7.98. The Morgan fingerprint density at radius 2 is 1.88 bits per heavy atom. The third-order valence-corrected chi connectivity index (χ3v) is 5.68. The standard InChI is InChI=1S/C14H17Cl2F3N2O3S/c15-9-4-10(16)6-12(5-9)25(23,24)20-7-11(22)8-21-3-1-2-13(21)14(17,18)19/h4-6,11,13,20,22H,1-3,7-8H2. The minimum Gasteiger partial charge on any atom is -0.390 e. The van der Waals surface area contributed by atoms with Gasteiger partial charge in [-0.1, -0.05) is 23.2 Å². The van der Waals surface area contributed by atoms with E-state index in [-0.39, 0.29) is 34.5 Å². The summed E-state index contributed by atoms with van der Waals surface area (Å²) in [6, 6.07) is 2.12. The first-order valence-corrected chi connectivity index (χ1v) is 9.67. The summed E-state index contributed by atoms with van der Waals surface area (Å²) in [5, 5.41) is 10.2. The third-order valence-electron chi connectivity index (χ3n) is 3.84. The Morgan fingerprint density at radius 1 is 1.28 bits per heavy atom. The summed E-state index contributed by atoms with van der Waals surface area (Å²) in [6.45, 7) is -0.492. The van der Waals surface area contributed by atoms with Crippen LogP contribution in [0.5, 0.6) is 0 Å². The van der Waals surface area contributed by atoms with Crippen LogP contribution in [-0.2, 0) is 10.0 Å². The van der Waals surface area contributed by atoms with Crippen molar-refractivity contribution >= 4 is 33.2 Å². The normalized spacial score (nSPS) is 20.8. The minimum atomic E-state index is -4.37. The Balaban J connectivity index is 1.96. The van der Waals surface area contributed by atoms with Crippen LogP contribution in [0.15, 0.2) is 23.1 Å². The number of likely N-dealkylation sites (tertiary alicyclic amines) is 1. The van der Waals surface area contributed by atoms with E-state index in [0.29, 0.717) is 6.42 Å². The van der Waals surface area contributed by atoms with E-state index >= 15 is 0 Å². The molecule has 1 aliphatic rings. The van der Waals surface area contributed by atoms with Crippen molar-refractivity contribution in [3.05, 3.63) is 28.2 Å². The summed E-state index contributed by atoms with van der Waals surface area (Å²) in [6.07, 6.45) is -5.30. The van der Waals surface area contributed by atoms with Crippen molar-refractivity contribution in [1.29, 1.82) is 0 Å². The number of rotatable bonds is 6. The van der Waals surface area contributed by atoms with E-state index in [2.05, 4.69) is 4.72 Å². The average Bonchev–Trinajstić information content (AvgIpc) is 2.92. The van der Waals surface area contributed by atoms with Gasteiger partial charge in [-0.2, -0.15) is 13.2 Å². The number of halogens is 5. The van der Waals surface area contributed by atoms with Gasteiger partial charge in [-0.15, -0.1) is 0 Å². The van der Waals surface area contributed by atoms with Crippen LogP contribution >= 0.6 is 23.2 Å². The molecule has 0 spiro atoms. The molecule has 0 bridgehead atoms. The van der Waals surface area contributed by atoms with Gasteiger partial charge in [0.1, 0.15) is 6.04 Å². The van der Waals surface area contributed by atoms with E-state index in [1.807, 2.05) is 0 Å². The zero-order valence-corrected chi connectivity index (χ0v) is 15.3. The molecular weight excluding hydrogens is 404 g/mol. The molecule has 1 aliphatic heterocycles. The number of alkyl halides is 3. The number of sulfonamides is 1. The summed E-state index contributed by atoms with van der Waals surface area (Å²) in [5.74, 6) is 0. The van der Waals surface area contributed by atoms with Crippen molar-refractivity contribution in [2.24, 2.45) is 0 Å². The van der Waals surface area contributed by atoms with Crippen molar-refractivity contribution in [1.82, 2.24) is 9.62 Å². The molecule has 0 radical (unpaired) electrons. The monoisotopic (exact) mass is 420 g/mol. The van der Waals surface area contributed by atoms with E-state index < -0.39 is 34.9 Å². The van der Waals surface area contributed by atoms with Crippen molar-refractivity contribution < 1.29 is 26.7 Å². The summed E-state index contributed by atoms with van der Waals surface area (Å²) in [4.78, 5) is 0.932. The van der Waals surface area contributed by atoms with Gasteiger partial charge < -0.3 is 5.11 Å². The molecule has 11 heteroatoms. The van der Waals surface area contributed by atoms with Gasteiger partial charge in [0.15, 0.2) is 0 Å². The van der Waals surface area contributed by atoms with Gasteiger partial charge in [0, 0.05) is 23.1 Å². The first-order valence-electron chi connectivity index (χ1n) is 7.43.